The number of Topliss-reactive ketones (excluding diaryl/α,β-unsaturated/α-hetero) is 1. The number of rotatable bonds is 6. The second-order valence-corrected chi connectivity index (χ2v) is 5.25. The van der Waals surface area contributed by atoms with Crippen LogP contribution in [0.3, 0.4) is 0 Å². The molecule has 28 heavy (non-hydrogen) atoms. The summed E-state index contributed by atoms with van der Waals surface area (Å²) >= 11 is 0. The summed E-state index contributed by atoms with van der Waals surface area (Å²) in [4.78, 5) is 47.8. The van der Waals surface area contributed by atoms with E-state index in [9.17, 15) is 29.4 Å². The molecule has 2 unspecified atom stereocenters. The maximum atomic E-state index is 12.5. The first kappa shape index (κ1) is 26.6. The zero-order valence-electron chi connectivity index (χ0n) is 17.2. The second-order valence-electron chi connectivity index (χ2n) is 5.25. The van der Waals surface area contributed by atoms with Gasteiger partial charge in [0.2, 0.25) is 5.78 Å². The van der Waals surface area contributed by atoms with Gasteiger partial charge in [0.15, 0.2) is 6.10 Å². The van der Waals surface area contributed by atoms with E-state index in [1.54, 1.807) is 12.1 Å². The van der Waals surface area contributed by atoms with Gasteiger partial charge in [-0.2, -0.15) is 0 Å². The molecule has 138 valence electrons. The molecule has 2 aromatic carbocycles. The minimum absolute atomic E-state index is 0. The normalized spacial score (nSPS) is 12.9. The number of ketones is 1. The van der Waals surface area contributed by atoms with E-state index in [0.29, 0.717) is 0 Å². The molecule has 3 N–H and O–H groups in total. The zero-order chi connectivity index (χ0) is 19.3. The Bertz CT molecular complexity index is 852. The molecule has 0 aliphatic carbocycles. The summed E-state index contributed by atoms with van der Waals surface area (Å²) in [5.41, 5.74) is -3.82. The first-order chi connectivity index (χ1) is 12.3. The van der Waals surface area contributed by atoms with Crippen molar-refractivity contribution in [3.05, 3.63) is 71.8 Å². The van der Waals surface area contributed by atoms with Crippen LogP contribution in [0, 0.1) is 0 Å². The minimum Gasteiger partial charge on any atom is -1.00 e. The number of ether oxygens (including phenoxy) is 1. The molecule has 0 heterocycles. The predicted molar refractivity (Wildman–Crippen MR) is 88.5 cm³/mol. The van der Waals surface area contributed by atoms with Crippen molar-refractivity contribution in [1.82, 2.24) is 0 Å². The van der Waals surface area contributed by atoms with Crippen molar-refractivity contribution in [2.45, 2.75) is 11.7 Å². The van der Waals surface area contributed by atoms with E-state index in [2.05, 4.69) is 4.74 Å². The second kappa shape index (κ2) is 11.6. The molecule has 0 saturated carbocycles. The Morgan fingerprint density at radius 1 is 0.857 bits per heavy atom. The van der Waals surface area contributed by atoms with Gasteiger partial charge in [-0.3, -0.25) is 4.79 Å². The maximum Gasteiger partial charge on any atom is 1.00 e. The molecule has 0 saturated heterocycles. The summed E-state index contributed by atoms with van der Waals surface area (Å²) in [6.07, 6.45) is -2.84. The van der Waals surface area contributed by atoms with Crippen LogP contribution in [0.5, 0.6) is 0 Å². The molecule has 0 radical (unpaired) electrons. The number of aliphatic hydroxyl groups excluding tert-OH is 1. The van der Waals surface area contributed by atoms with Gasteiger partial charge in [0, 0.05) is 5.56 Å². The van der Waals surface area contributed by atoms with Crippen molar-refractivity contribution in [1.29, 1.82) is 0 Å². The number of hydrogen-bond acceptors (Lipinski definition) is 7. The van der Waals surface area contributed by atoms with Gasteiger partial charge < -0.3 is 22.9 Å². The Hall–Kier alpha value is -1.36. The number of carboxylic acid groups (broad SMARTS) is 1. The van der Waals surface area contributed by atoms with Crippen molar-refractivity contribution in [2.24, 2.45) is 0 Å². The van der Waals surface area contributed by atoms with Crippen LogP contribution < -0.4 is 59.1 Å². The molecule has 0 bridgehead atoms. The molecule has 10 heteroatoms. The van der Waals surface area contributed by atoms with Crippen LogP contribution in [0.1, 0.15) is 23.6 Å². The van der Waals surface area contributed by atoms with E-state index in [-0.39, 0.29) is 73.1 Å². The standard InChI is InChI=1S/C18H14O8.2Na.2H/c19-13(11-7-3-1-4-8-11)18(25,14(20)15(21)22)17(24)26-16(23)12-9-5-2-6-10-12;;;;/h1-10,14,20,25H,(H,21,22);;;;/q;2*+1;2*-1. The van der Waals surface area contributed by atoms with E-state index >= 15 is 0 Å². The van der Waals surface area contributed by atoms with Gasteiger partial charge in [-0.1, -0.05) is 48.5 Å². The summed E-state index contributed by atoms with van der Waals surface area (Å²) in [6, 6.07) is 13.9. The molecular formula is C18H16Na2O8. The van der Waals surface area contributed by atoms with E-state index in [0.717, 1.165) is 0 Å². The molecule has 0 spiro atoms. The topological polar surface area (TPSA) is 138 Å². The van der Waals surface area contributed by atoms with Crippen LogP contribution in [0.4, 0.5) is 0 Å². The van der Waals surface area contributed by atoms with E-state index in [4.69, 9.17) is 5.11 Å². The van der Waals surface area contributed by atoms with Crippen LogP contribution in [-0.4, -0.2) is 50.7 Å². The summed E-state index contributed by atoms with van der Waals surface area (Å²) < 4.78 is 4.44. The van der Waals surface area contributed by atoms with Crippen molar-refractivity contribution < 1.29 is 101 Å². The Morgan fingerprint density at radius 3 is 1.71 bits per heavy atom. The Labute approximate surface area is 207 Å². The van der Waals surface area contributed by atoms with Gasteiger partial charge in [0.1, 0.15) is 0 Å². The third kappa shape index (κ3) is 5.82. The number of aliphatic carboxylic acids is 1. The molecule has 8 nitrogen and oxygen atoms in total. The number of carboxylic acids is 1. The number of esters is 2. The van der Waals surface area contributed by atoms with E-state index in [1.165, 1.54) is 48.5 Å². The number of aliphatic hydroxyl groups is 2. The number of hydrogen-bond donors (Lipinski definition) is 3. The third-order valence-corrected chi connectivity index (χ3v) is 3.52. The van der Waals surface area contributed by atoms with Crippen LogP contribution in [0.15, 0.2) is 60.7 Å². The molecule has 0 fully saturated rings. The summed E-state index contributed by atoms with van der Waals surface area (Å²) in [5, 5.41) is 29.1. The molecule has 0 aliphatic rings. The van der Waals surface area contributed by atoms with E-state index in [1.807, 2.05) is 0 Å². The Balaban J connectivity index is -0.00000182. The van der Waals surface area contributed by atoms with Crippen LogP contribution in [-0.2, 0) is 14.3 Å². The van der Waals surface area contributed by atoms with Crippen molar-refractivity contribution in [3.8, 4) is 0 Å². The molecule has 2 atom stereocenters. The SMILES string of the molecule is O=C(OC(=O)C(O)(C(=O)c1ccccc1)C(O)C(=O)O)c1ccccc1.[H-].[H-].[Na+].[Na+]. The molecule has 2 rings (SSSR count). The smallest absolute Gasteiger partial charge is 1.00 e. The Kier molecular flexibility index (Phi) is 11.0. The maximum absolute atomic E-state index is 12.5. The van der Waals surface area contributed by atoms with Gasteiger partial charge in [0.25, 0.3) is 5.60 Å². The number of benzene rings is 2. The predicted octanol–water partition coefficient (Wildman–Crippen LogP) is -5.34. The largest absolute Gasteiger partial charge is 1.00 e. The quantitative estimate of drug-likeness (QED) is 0.187. The number of carbonyl (C=O) groups excluding carboxylic acids is 3. The van der Waals surface area contributed by atoms with Gasteiger partial charge in [-0.25, -0.2) is 14.4 Å². The molecule has 2 aromatic rings. The monoisotopic (exact) mass is 406 g/mol. The van der Waals surface area contributed by atoms with Crippen LogP contribution in [0.25, 0.3) is 0 Å². The van der Waals surface area contributed by atoms with Crippen molar-refractivity contribution in [3.63, 3.8) is 0 Å². The average molecular weight is 406 g/mol. The molecular weight excluding hydrogens is 390 g/mol. The number of carbonyl (C=O) groups is 4. The van der Waals surface area contributed by atoms with Crippen molar-refractivity contribution >= 4 is 23.7 Å². The fourth-order valence-corrected chi connectivity index (χ4v) is 2.11. The molecule has 0 amide bonds. The summed E-state index contributed by atoms with van der Waals surface area (Å²) in [6.45, 7) is 0. The van der Waals surface area contributed by atoms with Crippen molar-refractivity contribution in [2.75, 3.05) is 0 Å². The third-order valence-electron chi connectivity index (χ3n) is 3.52. The molecule has 0 aliphatic heterocycles. The van der Waals surface area contributed by atoms with Gasteiger partial charge >= 0.3 is 77.0 Å². The van der Waals surface area contributed by atoms with Gasteiger partial charge in [-0.05, 0) is 12.1 Å². The van der Waals surface area contributed by atoms with Gasteiger partial charge in [-0.15, -0.1) is 0 Å². The fraction of sp³-hybridized carbons (Fsp3) is 0.111. The first-order valence-electron chi connectivity index (χ1n) is 7.33. The first-order valence-corrected chi connectivity index (χ1v) is 7.33. The van der Waals surface area contributed by atoms with Gasteiger partial charge in [0.05, 0.1) is 5.56 Å². The Morgan fingerprint density at radius 2 is 1.29 bits per heavy atom. The average Bonchev–Trinajstić information content (AvgIpc) is 2.67. The van der Waals surface area contributed by atoms with Crippen LogP contribution in [0.2, 0.25) is 0 Å². The molecule has 0 aromatic heterocycles. The fourth-order valence-electron chi connectivity index (χ4n) is 2.11. The zero-order valence-corrected chi connectivity index (χ0v) is 19.2. The minimum atomic E-state index is -3.50. The van der Waals surface area contributed by atoms with Crippen LogP contribution >= 0.6 is 0 Å². The summed E-state index contributed by atoms with van der Waals surface area (Å²) in [7, 11) is 0. The van der Waals surface area contributed by atoms with E-state index < -0.39 is 35.4 Å². The summed E-state index contributed by atoms with van der Waals surface area (Å²) in [5.74, 6) is -6.57.